The van der Waals surface area contributed by atoms with Gasteiger partial charge in [0.05, 0.1) is 6.54 Å². The van der Waals surface area contributed by atoms with Crippen LogP contribution in [0.5, 0.6) is 11.5 Å². The molecular formula is C17H14N4O3S. The van der Waals surface area contributed by atoms with Crippen LogP contribution in [0.25, 0.3) is 11.4 Å². The summed E-state index contributed by atoms with van der Waals surface area (Å²) < 4.78 is 15.8. The molecule has 0 radical (unpaired) electrons. The van der Waals surface area contributed by atoms with E-state index >= 15 is 0 Å². The zero-order valence-corrected chi connectivity index (χ0v) is 13.9. The standard InChI is InChI=1S/C17H14N4O3S/c25-17(19-12-6-7-13-14(8-12)23-10-22-13)18-9-15-20-16(21-24-15)11-4-2-1-3-5-11/h1-8H,9-10H2,(H2,18,19,25). The Morgan fingerprint density at radius 3 is 2.80 bits per heavy atom. The van der Waals surface area contributed by atoms with Crippen LogP contribution >= 0.6 is 12.2 Å². The van der Waals surface area contributed by atoms with E-state index in [9.17, 15) is 0 Å². The Balaban J connectivity index is 1.34. The lowest BCUT2D eigenvalue weighted by molar-refractivity contribution is 0.174. The van der Waals surface area contributed by atoms with E-state index in [-0.39, 0.29) is 6.79 Å². The van der Waals surface area contributed by atoms with Crippen LogP contribution in [0, 0.1) is 0 Å². The Morgan fingerprint density at radius 1 is 1.08 bits per heavy atom. The third-order valence-electron chi connectivity index (χ3n) is 3.53. The molecule has 0 bridgehead atoms. The number of anilines is 1. The van der Waals surface area contributed by atoms with Gasteiger partial charge in [-0.2, -0.15) is 4.98 Å². The summed E-state index contributed by atoms with van der Waals surface area (Å²) in [6.45, 7) is 0.568. The molecular weight excluding hydrogens is 340 g/mol. The third-order valence-corrected chi connectivity index (χ3v) is 3.78. The molecule has 0 aliphatic carbocycles. The van der Waals surface area contributed by atoms with Crippen LogP contribution in [0.3, 0.4) is 0 Å². The zero-order valence-electron chi connectivity index (χ0n) is 13.1. The van der Waals surface area contributed by atoms with Crippen LogP contribution in [0.4, 0.5) is 5.69 Å². The molecule has 1 aliphatic heterocycles. The Kier molecular flexibility index (Phi) is 4.17. The number of benzene rings is 2. The molecule has 25 heavy (non-hydrogen) atoms. The highest BCUT2D eigenvalue weighted by molar-refractivity contribution is 7.80. The first-order valence-corrected chi connectivity index (χ1v) is 8.01. The van der Waals surface area contributed by atoms with E-state index in [1.165, 1.54) is 0 Å². The molecule has 2 heterocycles. The number of rotatable bonds is 4. The molecule has 126 valence electrons. The van der Waals surface area contributed by atoms with Crippen LogP contribution in [-0.4, -0.2) is 22.0 Å². The third kappa shape index (κ3) is 3.53. The van der Waals surface area contributed by atoms with E-state index < -0.39 is 0 Å². The fourth-order valence-corrected chi connectivity index (χ4v) is 2.53. The minimum atomic E-state index is 0.238. The molecule has 0 saturated carbocycles. The summed E-state index contributed by atoms with van der Waals surface area (Å²) in [5.41, 5.74) is 1.70. The lowest BCUT2D eigenvalue weighted by Crippen LogP contribution is -2.27. The molecule has 7 nitrogen and oxygen atoms in total. The van der Waals surface area contributed by atoms with E-state index in [1.54, 1.807) is 0 Å². The highest BCUT2D eigenvalue weighted by atomic mass is 32.1. The van der Waals surface area contributed by atoms with Crippen molar-refractivity contribution in [3.63, 3.8) is 0 Å². The van der Waals surface area contributed by atoms with Gasteiger partial charge in [-0.1, -0.05) is 35.5 Å². The van der Waals surface area contributed by atoms with Crippen molar-refractivity contribution in [2.45, 2.75) is 6.54 Å². The highest BCUT2D eigenvalue weighted by Crippen LogP contribution is 2.34. The number of nitrogens with zero attached hydrogens (tertiary/aromatic N) is 2. The van der Waals surface area contributed by atoms with Crippen molar-refractivity contribution in [3.05, 3.63) is 54.4 Å². The number of aromatic nitrogens is 2. The SMILES string of the molecule is S=C(NCc1nc(-c2ccccc2)no1)Nc1ccc2c(c1)OCO2. The number of hydrogen-bond donors (Lipinski definition) is 2. The van der Waals surface area contributed by atoms with E-state index in [2.05, 4.69) is 20.8 Å². The smallest absolute Gasteiger partial charge is 0.246 e. The fraction of sp³-hybridized carbons (Fsp3) is 0.118. The van der Waals surface area contributed by atoms with Crippen LogP contribution < -0.4 is 20.1 Å². The topological polar surface area (TPSA) is 81.4 Å². The van der Waals surface area contributed by atoms with Gasteiger partial charge >= 0.3 is 0 Å². The molecule has 0 unspecified atom stereocenters. The molecule has 0 spiro atoms. The summed E-state index contributed by atoms with van der Waals surface area (Å²) in [4.78, 5) is 4.34. The number of thiocarbonyl (C=S) groups is 1. The summed E-state index contributed by atoms with van der Waals surface area (Å²) >= 11 is 5.28. The van der Waals surface area contributed by atoms with Gasteiger partial charge in [-0.15, -0.1) is 0 Å². The van der Waals surface area contributed by atoms with E-state index in [4.69, 9.17) is 26.2 Å². The molecule has 0 saturated heterocycles. The Hall–Kier alpha value is -3.13. The largest absolute Gasteiger partial charge is 0.454 e. The maximum Gasteiger partial charge on any atom is 0.246 e. The first-order chi connectivity index (χ1) is 12.3. The molecule has 0 atom stereocenters. The van der Waals surface area contributed by atoms with Gasteiger partial charge in [-0.3, -0.25) is 0 Å². The predicted octanol–water partition coefficient (Wildman–Crippen LogP) is 2.95. The van der Waals surface area contributed by atoms with Gasteiger partial charge < -0.3 is 24.6 Å². The second-order valence-corrected chi connectivity index (χ2v) is 5.66. The summed E-state index contributed by atoms with van der Waals surface area (Å²) in [6, 6.07) is 15.2. The highest BCUT2D eigenvalue weighted by Gasteiger charge is 2.14. The first kappa shape index (κ1) is 15.4. The Morgan fingerprint density at radius 2 is 1.92 bits per heavy atom. The van der Waals surface area contributed by atoms with Crippen molar-refractivity contribution < 1.29 is 14.0 Å². The molecule has 3 aromatic rings. The molecule has 1 aromatic heterocycles. The summed E-state index contributed by atoms with van der Waals surface area (Å²) in [5.74, 6) is 2.42. The monoisotopic (exact) mass is 354 g/mol. The van der Waals surface area contributed by atoms with Crippen molar-refractivity contribution >= 4 is 23.0 Å². The second-order valence-electron chi connectivity index (χ2n) is 5.25. The van der Waals surface area contributed by atoms with E-state index in [0.29, 0.717) is 29.1 Å². The van der Waals surface area contributed by atoms with Crippen molar-refractivity contribution in [1.82, 2.24) is 15.5 Å². The van der Waals surface area contributed by atoms with Crippen molar-refractivity contribution in [2.75, 3.05) is 12.1 Å². The van der Waals surface area contributed by atoms with Gasteiger partial charge in [0.1, 0.15) is 0 Å². The lowest BCUT2D eigenvalue weighted by atomic mass is 10.2. The van der Waals surface area contributed by atoms with E-state index in [1.807, 2.05) is 48.5 Å². The number of fused-ring (bicyclic) bond motifs is 1. The molecule has 2 aromatic carbocycles. The predicted molar refractivity (Wildman–Crippen MR) is 95.4 cm³/mol. The van der Waals surface area contributed by atoms with Gasteiger partial charge in [0.15, 0.2) is 16.6 Å². The van der Waals surface area contributed by atoms with Gasteiger partial charge in [-0.25, -0.2) is 0 Å². The quantitative estimate of drug-likeness (QED) is 0.692. The van der Waals surface area contributed by atoms with E-state index in [0.717, 1.165) is 17.0 Å². The summed E-state index contributed by atoms with van der Waals surface area (Å²) in [5, 5.41) is 10.5. The Bertz CT molecular complexity index is 898. The van der Waals surface area contributed by atoms with Crippen LogP contribution in [0.2, 0.25) is 0 Å². The molecule has 8 heteroatoms. The minimum Gasteiger partial charge on any atom is -0.454 e. The molecule has 2 N–H and O–H groups in total. The van der Waals surface area contributed by atoms with Crippen LogP contribution in [0.15, 0.2) is 53.1 Å². The van der Waals surface area contributed by atoms with Crippen LogP contribution in [-0.2, 0) is 6.54 Å². The van der Waals surface area contributed by atoms with Gasteiger partial charge in [0.2, 0.25) is 18.5 Å². The van der Waals surface area contributed by atoms with Crippen molar-refractivity contribution in [2.24, 2.45) is 0 Å². The molecule has 1 aliphatic rings. The maximum atomic E-state index is 5.34. The minimum absolute atomic E-state index is 0.238. The molecule has 0 fully saturated rings. The fourth-order valence-electron chi connectivity index (χ4n) is 2.34. The summed E-state index contributed by atoms with van der Waals surface area (Å²) in [6.07, 6.45) is 0. The van der Waals surface area contributed by atoms with Crippen LogP contribution in [0.1, 0.15) is 5.89 Å². The van der Waals surface area contributed by atoms with Gasteiger partial charge in [0.25, 0.3) is 0 Å². The van der Waals surface area contributed by atoms with Crippen molar-refractivity contribution in [1.29, 1.82) is 0 Å². The first-order valence-electron chi connectivity index (χ1n) is 7.60. The second kappa shape index (κ2) is 6.78. The lowest BCUT2D eigenvalue weighted by Gasteiger charge is -2.09. The van der Waals surface area contributed by atoms with Gasteiger partial charge in [-0.05, 0) is 24.4 Å². The van der Waals surface area contributed by atoms with Gasteiger partial charge in [0, 0.05) is 17.3 Å². The number of hydrogen-bond acceptors (Lipinski definition) is 6. The Labute approximate surface area is 149 Å². The number of ether oxygens (including phenoxy) is 2. The molecule has 0 amide bonds. The maximum absolute atomic E-state index is 5.34. The average molecular weight is 354 g/mol. The normalized spacial score (nSPS) is 12.0. The zero-order chi connectivity index (χ0) is 17.1. The van der Waals surface area contributed by atoms with Crippen molar-refractivity contribution in [3.8, 4) is 22.9 Å². The molecule has 4 rings (SSSR count). The summed E-state index contributed by atoms with van der Waals surface area (Å²) in [7, 11) is 0. The average Bonchev–Trinajstić information content (AvgIpc) is 3.30. The number of nitrogens with one attached hydrogen (secondary N) is 2.